The van der Waals surface area contributed by atoms with Crippen LogP contribution in [0.2, 0.25) is 17.7 Å². The fraction of sp³-hybridized carbons (Fsp3) is 0.969. The Morgan fingerprint density at radius 3 is 0.563 bits per heavy atom. The summed E-state index contributed by atoms with van der Waals surface area (Å²) in [6.07, 6.45) is 64.2. The molecule has 0 amide bonds. The Morgan fingerprint density at radius 2 is 0.380 bits per heavy atom. The summed E-state index contributed by atoms with van der Waals surface area (Å²) in [6.45, 7) is 13.7. The molecular formula is C64H130O5Sn2. The average Bonchev–Trinajstić information content (AvgIpc) is 3.36. The molecule has 0 saturated heterocycles. The number of hydrogen-bond donors (Lipinski definition) is 0. The molecule has 0 unspecified atom stereocenters. The van der Waals surface area contributed by atoms with Gasteiger partial charge < -0.3 is 0 Å². The zero-order chi connectivity index (χ0) is 51.9. The Kier molecular flexibility index (Phi) is 57.1. The van der Waals surface area contributed by atoms with Crippen molar-refractivity contribution < 1.29 is 17.1 Å². The van der Waals surface area contributed by atoms with Crippen LogP contribution in [0, 0.1) is 0 Å². The van der Waals surface area contributed by atoms with Crippen LogP contribution in [-0.2, 0) is 17.1 Å². The first kappa shape index (κ1) is 71.5. The van der Waals surface area contributed by atoms with Gasteiger partial charge in [0.25, 0.3) is 0 Å². The molecule has 0 saturated carbocycles. The molecule has 0 aliphatic rings. The Balaban J connectivity index is 6.80. The predicted molar refractivity (Wildman–Crippen MR) is 318 cm³/mol. The molecule has 5 nitrogen and oxygen atoms in total. The predicted octanol–water partition coefficient (Wildman–Crippen LogP) is 23.4. The first-order chi connectivity index (χ1) is 34.9. The van der Waals surface area contributed by atoms with Crippen LogP contribution in [0.4, 0.5) is 0 Å². The summed E-state index contributed by atoms with van der Waals surface area (Å²) in [6, 6.07) is 0. The topological polar surface area (TPSA) is 61.8 Å². The summed E-state index contributed by atoms with van der Waals surface area (Å²) < 4.78 is 26.3. The number of hydrogen-bond acceptors (Lipinski definition) is 5. The van der Waals surface area contributed by atoms with E-state index in [2.05, 4.69) is 41.5 Å². The van der Waals surface area contributed by atoms with Crippen LogP contribution in [-0.4, -0.2) is 50.3 Å². The van der Waals surface area contributed by atoms with Gasteiger partial charge >= 0.3 is 461 Å². The Bertz CT molecular complexity index is 955. The number of carbonyl (C=O) groups excluding carboxylic acids is 2. The van der Waals surface area contributed by atoms with Crippen molar-refractivity contribution in [3.05, 3.63) is 0 Å². The van der Waals surface area contributed by atoms with Crippen molar-refractivity contribution >= 4 is 50.3 Å². The fourth-order valence-electron chi connectivity index (χ4n) is 10.8. The molecule has 0 aromatic rings. The SMILES string of the molecule is CCCCCCCCCCC[CH2][Sn]([CH2]CCCCCCCCCCC)([O]C(=O)CCCCCCC)[O][Sn]([CH2]CCCCCCCCCCC)([CH2]CCCCCCCCCCC)[O]C(=O)CCCCCCC. The van der Waals surface area contributed by atoms with Crippen molar-refractivity contribution in [1.82, 2.24) is 0 Å². The summed E-state index contributed by atoms with van der Waals surface area (Å²) in [7, 11) is 0. The number of rotatable bonds is 60. The van der Waals surface area contributed by atoms with Gasteiger partial charge in [-0.25, -0.2) is 0 Å². The molecule has 0 bridgehead atoms. The Labute approximate surface area is 457 Å². The summed E-state index contributed by atoms with van der Waals surface area (Å²) >= 11 is -8.34. The van der Waals surface area contributed by atoms with E-state index >= 15 is 0 Å². The van der Waals surface area contributed by atoms with E-state index in [1.165, 1.54) is 270 Å². The second-order valence-electron chi connectivity index (χ2n) is 22.9. The summed E-state index contributed by atoms with van der Waals surface area (Å²) in [5.74, 6) is 0.0218. The second-order valence-corrected chi connectivity index (χ2v) is 44.7. The zero-order valence-electron chi connectivity index (χ0n) is 49.6. The molecular weight excluding hydrogens is 1090 g/mol. The van der Waals surface area contributed by atoms with E-state index in [-0.39, 0.29) is 11.9 Å². The van der Waals surface area contributed by atoms with E-state index in [0.717, 1.165) is 69.1 Å². The van der Waals surface area contributed by atoms with Gasteiger partial charge in [0.1, 0.15) is 0 Å². The molecule has 7 heteroatoms. The van der Waals surface area contributed by atoms with Crippen LogP contribution in [0.25, 0.3) is 0 Å². The zero-order valence-corrected chi connectivity index (χ0v) is 55.3. The molecule has 0 heterocycles. The minimum atomic E-state index is -4.17. The molecule has 0 aliphatic heterocycles. The van der Waals surface area contributed by atoms with Crippen molar-refractivity contribution in [3.8, 4) is 0 Å². The number of unbranched alkanes of at least 4 members (excludes halogenated alkanes) is 44. The molecule has 0 fully saturated rings. The standard InChI is InChI=1S/4C12H25.2C8H16O2.O.2Sn/c4*1-3-5-7-9-11-12-10-8-6-4-2;2*1-2-3-4-5-6-7-8(9)10;;;/h4*1,3-12H2,2H3;2*2-7H2,1H3,(H,9,10);;;/q;;;;;;;2*+1/p-2. The molecule has 0 atom stereocenters. The third kappa shape index (κ3) is 48.6. The third-order valence-electron chi connectivity index (χ3n) is 15.6. The first-order valence-electron chi connectivity index (χ1n) is 33.0. The van der Waals surface area contributed by atoms with Gasteiger partial charge in [-0.05, 0) is 0 Å². The summed E-state index contributed by atoms with van der Waals surface area (Å²) in [5, 5.41) is 0. The monoisotopic (exact) mass is 1220 g/mol. The quantitative estimate of drug-likeness (QED) is 0.0449. The van der Waals surface area contributed by atoms with Crippen molar-refractivity contribution in [2.75, 3.05) is 0 Å². The van der Waals surface area contributed by atoms with Crippen LogP contribution >= 0.6 is 0 Å². The maximum absolute atomic E-state index is 14.3. The van der Waals surface area contributed by atoms with Gasteiger partial charge in [0, 0.05) is 0 Å². The van der Waals surface area contributed by atoms with Gasteiger partial charge in [-0.1, -0.05) is 0 Å². The molecule has 424 valence electrons. The van der Waals surface area contributed by atoms with Gasteiger partial charge in [-0.15, -0.1) is 0 Å². The first-order valence-corrected chi connectivity index (χ1v) is 45.7. The van der Waals surface area contributed by atoms with Gasteiger partial charge in [0.15, 0.2) is 0 Å². The van der Waals surface area contributed by atoms with Crippen LogP contribution in [0.3, 0.4) is 0 Å². The molecule has 0 spiro atoms. The van der Waals surface area contributed by atoms with Crippen LogP contribution in [0.1, 0.15) is 375 Å². The van der Waals surface area contributed by atoms with Crippen LogP contribution in [0.5, 0.6) is 0 Å². The van der Waals surface area contributed by atoms with E-state index in [1.54, 1.807) is 0 Å². The van der Waals surface area contributed by atoms with Gasteiger partial charge in [-0.2, -0.15) is 0 Å². The molecule has 0 radical (unpaired) electrons. The van der Waals surface area contributed by atoms with Crippen molar-refractivity contribution in [2.45, 2.75) is 393 Å². The molecule has 0 N–H and O–H groups in total. The van der Waals surface area contributed by atoms with Gasteiger partial charge in [-0.3, -0.25) is 0 Å². The minimum absolute atomic E-state index is 0.0109. The second kappa shape index (κ2) is 56.7. The van der Waals surface area contributed by atoms with Gasteiger partial charge in [0.2, 0.25) is 0 Å². The third-order valence-corrected chi connectivity index (χ3v) is 48.1. The molecule has 0 aromatic carbocycles. The summed E-state index contributed by atoms with van der Waals surface area (Å²) in [5.41, 5.74) is 0. The number of carbonyl (C=O) groups is 2. The van der Waals surface area contributed by atoms with E-state index in [9.17, 15) is 9.59 Å². The Morgan fingerprint density at radius 1 is 0.225 bits per heavy atom. The van der Waals surface area contributed by atoms with Crippen LogP contribution < -0.4 is 0 Å². The van der Waals surface area contributed by atoms with Gasteiger partial charge in [0.05, 0.1) is 0 Å². The van der Waals surface area contributed by atoms with Crippen LogP contribution in [0.15, 0.2) is 0 Å². The summed E-state index contributed by atoms with van der Waals surface area (Å²) in [4.78, 5) is 28.7. The van der Waals surface area contributed by atoms with E-state index in [4.69, 9.17) is 7.56 Å². The normalized spacial score (nSPS) is 12.0. The Hall–Kier alpha value is 0.497. The van der Waals surface area contributed by atoms with Crippen molar-refractivity contribution in [1.29, 1.82) is 0 Å². The maximum atomic E-state index is 14.3. The molecule has 0 rings (SSSR count). The van der Waals surface area contributed by atoms with E-state index in [0.29, 0.717) is 12.8 Å². The molecule has 0 aliphatic carbocycles. The average molecular weight is 1220 g/mol. The fourth-order valence-corrected chi connectivity index (χ4v) is 51.1. The van der Waals surface area contributed by atoms with Crippen molar-refractivity contribution in [2.24, 2.45) is 0 Å². The van der Waals surface area contributed by atoms with E-state index in [1.807, 2.05) is 0 Å². The van der Waals surface area contributed by atoms with Crippen molar-refractivity contribution in [3.63, 3.8) is 0 Å². The molecule has 0 aromatic heterocycles. The van der Waals surface area contributed by atoms with E-state index < -0.39 is 38.4 Å². The molecule has 71 heavy (non-hydrogen) atoms.